The number of carboxylic acid groups (broad SMARTS) is 1. The Morgan fingerprint density at radius 3 is 1.83 bits per heavy atom. The molecule has 0 aliphatic rings. The predicted molar refractivity (Wildman–Crippen MR) is 25.0 cm³/mol. The van der Waals surface area contributed by atoms with E-state index >= 15 is 0 Å². The van der Waals surface area contributed by atoms with Crippen molar-refractivity contribution in [1.82, 2.24) is 0 Å². The number of aliphatic hydroxyl groups excluding tert-OH is 1. The summed E-state index contributed by atoms with van der Waals surface area (Å²) in [5.74, 6) is -1.19. The van der Waals surface area contributed by atoms with Gasteiger partial charge in [0, 0.05) is 0 Å². The van der Waals surface area contributed by atoms with Crippen molar-refractivity contribution in [2.24, 2.45) is 0 Å². The molecule has 0 fully saturated rings. The van der Waals surface area contributed by atoms with Gasteiger partial charge in [-0.1, -0.05) is 0 Å². The molecule has 6 heavy (non-hydrogen) atoms. The SMILES string of the molecule is Br.O=C(O)CO. The number of hydrogen-bond donors (Lipinski definition) is 2. The van der Waals surface area contributed by atoms with Gasteiger partial charge < -0.3 is 10.2 Å². The third kappa shape index (κ3) is 9.08. The Morgan fingerprint density at radius 2 is 1.83 bits per heavy atom. The van der Waals surface area contributed by atoms with Crippen LogP contribution in [-0.2, 0) is 4.79 Å². The molecule has 0 rings (SSSR count). The van der Waals surface area contributed by atoms with Crippen LogP contribution in [-0.4, -0.2) is 22.8 Å². The van der Waals surface area contributed by atoms with Crippen LogP contribution in [0, 0.1) is 0 Å². The first-order valence-electron chi connectivity index (χ1n) is 1.10. The van der Waals surface area contributed by atoms with Crippen LogP contribution in [0.2, 0.25) is 0 Å². The van der Waals surface area contributed by atoms with Crippen LogP contribution in [0.1, 0.15) is 0 Å². The van der Waals surface area contributed by atoms with Crippen LogP contribution >= 0.6 is 17.0 Å². The van der Waals surface area contributed by atoms with E-state index in [2.05, 4.69) is 0 Å². The maximum atomic E-state index is 9.12. The zero-order valence-corrected chi connectivity index (χ0v) is 4.63. The molecule has 0 aliphatic heterocycles. The van der Waals surface area contributed by atoms with Crippen LogP contribution in [0.3, 0.4) is 0 Å². The quantitative estimate of drug-likeness (QED) is 0.546. The molecule has 3 nitrogen and oxygen atoms in total. The van der Waals surface area contributed by atoms with E-state index in [1.807, 2.05) is 0 Å². The molecule has 0 aromatic rings. The molecular weight excluding hydrogens is 152 g/mol. The second-order valence-electron chi connectivity index (χ2n) is 0.552. The summed E-state index contributed by atoms with van der Waals surface area (Å²) in [4.78, 5) is 9.12. The minimum atomic E-state index is -1.19. The van der Waals surface area contributed by atoms with Gasteiger partial charge in [0.1, 0.15) is 6.61 Å². The molecule has 0 saturated heterocycles. The van der Waals surface area contributed by atoms with Crippen molar-refractivity contribution in [2.75, 3.05) is 6.61 Å². The van der Waals surface area contributed by atoms with Gasteiger partial charge >= 0.3 is 5.97 Å². The highest BCUT2D eigenvalue weighted by atomic mass is 79.9. The van der Waals surface area contributed by atoms with E-state index in [0.717, 1.165) is 0 Å². The van der Waals surface area contributed by atoms with Gasteiger partial charge in [-0.15, -0.1) is 17.0 Å². The summed E-state index contributed by atoms with van der Waals surface area (Å²) in [7, 11) is 0. The molecule has 0 bridgehead atoms. The number of aliphatic hydroxyl groups is 1. The lowest BCUT2D eigenvalue weighted by Gasteiger charge is -1.72. The summed E-state index contributed by atoms with van der Waals surface area (Å²) < 4.78 is 0. The van der Waals surface area contributed by atoms with E-state index in [-0.39, 0.29) is 17.0 Å². The largest absolute Gasteiger partial charge is 0.480 e. The van der Waals surface area contributed by atoms with Crippen molar-refractivity contribution >= 4 is 23.0 Å². The molecule has 0 aliphatic carbocycles. The van der Waals surface area contributed by atoms with E-state index in [4.69, 9.17) is 15.0 Å². The number of halogens is 1. The first-order valence-corrected chi connectivity index (χ1v) is 1.10. The Balaban J connectivity index is 0. The van der Waals surface area contributed by atoms with Gasteiger partial charge in [0.15, 0.2) is 0 Å². The summed E-state index contributed by atoms with van der Waals surface area (Å²) in [6.07, 6.45) is 0. The Bertz CT molecular complexity index is 44.1. The smallest absolute Gasteiger partial charge is 0.329 e. The zero-order valence-electron chi connectivity index (χ0n) is 2.92. The highest BCUT2D eigenvalue weighted by Crippen LogP contribution is 1.48. The van der Waals surface area contributed by atoms with Gasteiger partial charge in [-0.05, 0) is 0 Å². The number of aliphatic carboxylic acids is 1. The predicted octanol–water partition coefficient (Wildman–Crippen LogP) is -0.359. The van der Waals surface area contributed by atoms with Crippen LogP contribution in [0.15, 0.2) is 0 Å². The fraction of sp³-hybridized carbons (Fsp3) is 0.500. The second-order valence-corrected chi connectivity index (χ2v) is 0.552. The highest BCUT2D eigenvalue weighted by molar-refractivity contribution is 8.93. The van der Waals surface area contributed by atoms with Crippen LogP contribution in [0.25, 0.3) is 0 Å². The fourth-order valence-electron chi connectivity index (χ4n) is 0. The third-order valence-corrected chi connectivity index (χ3v) is 0.135. The minimum Gasteiger partial charge on any atom is -0.480 e. The van der Waals surface area contributed by atoms with E-state index < -0.39 is 12.6 Å². The Labute approximate surface area is 45.4 Å². The second kappa shape index (κ2) is 4.91. The van der Waals surface area contributed by atoms with Crippen molar-refractivity contribution in [3.63, 3.8) is 0 Å². The molecule has 0 saturated carbocycles. The maximum absolute atomic E-state index is 9.12. The average Bonchev–Trinajstić information content (AvgIpc) is 1.38. The molecule has 0 aromatic heterocycles. The summed E-state index contributed by atoms with van der Waals surface area (Å²) in [6.45, 7) is -0.778. The fourth-order valence-corrected chi connectivity index (χ4v) is 0. The molecule has 0 atom stereocenters. The lowest BCUT2D eigenvalue weighted by atomic mass is 10.8. The monoisotopic (exact) mass is 156 g/mol. The first-order chi connectivity index (χ1) is 2.27. The van der Waals surface area contributed by atoms with Crippen molar-refractivity contribution in [2.45, 2.75) is 0 Å². The van der Waals surface area contributed by atoms with Gasteiger partial charge in [-0.25, -0.2) is 4.79 Å². The third-order valence-electron chi connectivity index (χ3n) is 0.135. The normalized spacial score (nSPS) is 6.17. The van der Waals surface area contributed by atoms with Crippen molar-refractivity contribution in [3.8, 4) is 0 Å². The van der Waals surface area contributed by atoms with E-state index in [9.17, 15) is 0 Å². The number of hydrogen-bond acceptors (Lipinski definition) is 2. The molecule has 0 heterocycles. The first kappa shape index (κ1) is 9.32. The molecule has 0 unspecified atom stereocenters. The van der Waals surface area contributed by atoms with E-state index in [0.29, 0.717) is 0 Å². The van der Waals surface area contributed by atoms with Crippen molar-refractivity contribution in [1.29, 1.82) is 0 Å². The maximum Gasteiger partial charge on any atom is 0.329 e. The van der Waals surface area contributed by atoms with Gasteiger partial charge in [0.05, 0.1) is 0 Å². The molecule has 0 spiro atoms. The van der Waals surface area contributed by atoms with Gasteiger partial charge in [0.2, 0.25) is 0 Å². The molecule has 38 valence electrons. The molecule has 0 radical (unpaired) electrons. The van der Waals surface area contributed by atoms with Gasteiger partial charge in [0.25, 0.3) is 0 Å². The van der Waals surface area contributed by atoms with Crippen LogP contribution < -0.4 is 0 Å². The Kier molecular flexibility index (Phi) is 7.63. The lowest BCUT2D eigenvalue weighted by molar-refractivity contribution is -0.140. The van der Waals surface area contributed by atoms with Crippen molar-refractivity contribution < 1.29 is 15.0 Å². The summed E-state index contributed by atoms with van der Waals surface area (Å²) in [5.41, 5.74) is 0. The highest BCUT2D eigenvalue weighted by Gasteiger charge is 1.82. The standard InChI is InChI=1S/C2H4O3.BrH/c3-1-2(4)5;/h3H,1H2,(H,4,5);1H. The van der Waals surface area contributed by atoms with E-state index in [1.165, 1.54) is 0 Å². The average molecular weight is 157 g/mol. The van der Waals surface area contributed by atoms with Crippen molar-refractivity contribution in [3.05, 3.63) is 0 Å². The van der Waals surface area contributed by atoms with E-state index in [1.54, 1.807) is 0 Å². The van der Waals surface area contributed by atoms with Gasteiger partial charge in [-0.3, -0.25) is 0 Å². The minimum absolute atomic E-state index is 0. The lowest BCUT2D eigenvalue weighted by Crippen LogP contribution is -1.98. The summed E-state index contributed by atoms with van der Waals surface area (Å²) in [5, 5.41) is 15.0. The number of rotatable bonds is 1. The Morgan fingerprint density at radius 1 is 1.67 bits per heavy atom. The summed E-state index contributed by atoms with van der Waals surface area (Å²) in [6, 6.07) is 0. The number of carboxylic acids is 1. The van der Waals surface area contributed by atoms with Gasteiger partial charge in [-0.2, -0.15) is 0 Å². The molecule has 0 amide bonds. The van der Waals surface area contributed by atoms with Crippen LogP contribution in [0.5, 0.6) is 0 Å². The molecule has 2 N–H and O–H groups in total. The van der Waals surface area contributed by atoms with Crippen LogP contribution in [0.4, 0.5) is 0 Å². The topological polar surface area (TPSA) is 57.5 Å². The summed E-state index contributed by atoms with van der Waals surface area (Å²) >= 11 is 0. The number of carbonyl (C=O) groups is 1. The molecule has 4 heteroatoms. The Hall–Kier alpha value is -0.0900. The zero-order chi connectivity index (χ0) is 4.28. The molecular formula is C2H5BrO3. The molecule has 0 aromatic carbocycles.